The summed E-state index contributed by atoms with van der Waals surface area (Å²) in [7, 11) is 0. The molecule has 0 unspecified atom stereocenters. The molecule has 0 radical (unpaired) electrons. The molecule has 21 heavy (non-hydrogen) atoms. The third kappa shape index (κ3) is 2.91. The van der Waals surface area contributed by atoms with Crippen molar-refractivity contribution in [2.24, 2.45) is 0 Å². The largest absolute Gasteiger partial charge is 0.421 e. The second kappa shape index (κ2) is 4.90. The first-order valence-corrected chi connectivity index (χ1v) is 5.44. The lowest BCUT2D eigenvalue weighted by atomic mass is 10.2. The maximum atomic E-state index is 12.8. The first-order chi connectivity index (χ1) is 9.62. The second-order valence-corrected chi connectivity index (χ2v) is 3.97. The Kier molecular flexibility index (Phi) is 3.52. The summed E-state index contributed by atoms with van der Waals surface area (Å²) in [6, 6.07) is 2.94. The van der Waals surface area contributed by atoms with Crippen LogP contribution in [0.25, 0.3) is 5.82 Å². The predicted molar refractivity (Wildman–Crippen MR) is 59.8 cm³/mol. The molecule has 0 aromatic carbocycles. The van der Waals surface area contributed by atoms with Gasteiger partial charge in [0.15, 0.2) is 5.82 Å². The number of hydrogen-bond acceptors (Lipinski definition) is 2. The smallest absolute Gasteiger partial charge is 0.268 e. The van der Waals surface area contributed by atoms with Crippen molar-refractivity contribution >= 4 is 0 Å². The molecule has 0 aliphatic carbocycles. The van der Waals surface area contributed by atoms with E-state index in [4.69, 9.17) is 0 Å². The lowest BCUT2D eigenvalue weighted by Gasteiger charge is -2.14. The first-order valence-electron chi connectivity index (χ1n) is 5.44. The van der Waals surface area contributed by atoms with Crippen LogP contribution in [0.2, 0.25) is 0 Å². The number of rotatable bonds is 1. The van der Waals surface area contributed by atoms with Gasteiger partial charge in [-0.3, -0.25) is 9.36 Å². The van der Waals surface area contributed by atoms with Crippen molar-refractivity contribution in [3.63, 3.8) is 0 Å². The molecule has 2 aromatic heterocycles. The fourth-order valence-electron chi connectivity index (χ4n) is 1.69. The summed E-state index contributed by atoms with van der Waals surface area (Å²) in [6.45, 7) is 0. The van der Waals surface area contributed by atoms with Crippen molar-refractivity contribution in [3.8, 4) is 5.82 Å². The monoisotopic (exact) mass is 308 g/mol. The Labute approximate surface area is 113 Å². The van der Waals surface area contributed by atoms with Gasteiger partial charge in [-0.05, 0) is 24.3 Å². The molecule has 3 nitrogen and oxygen atoms in total. The third-order valence-corrected chi connectivity index (χ3v) is 2.57. The van der Waals surface area contributed by atoms with Crippen LogP contribution in [0.1, 0.15) is 11.1 Å². The molecule has 0 N–H and O–H groups in total. The van der Waals surface area contributed by atoms with Gasteiger partial charge in [0.2, 0.25) is 0 Å². The van der Waals surface area contributed by atoms with Crippen LogP contribution in [0.5, 0.6) is 0 Å². The Morgan fingerprint density at radius 3 is 2.05 bits per heavy atom. The zero-order valence-electron chi connectivity index (χ0n) is 10.0. The molecule has 0 amide bonds. The van der Waals surface area contributed by atoms with Gasteiger partial charge in [0.25, 0.3) is 5.56 Å². The van der Waals surface area contributed by atoms with Gasteiger partial charge in [0.05, 0.1) is 5.56 Å². The van der Waals surface area contributed by atoms with Gasteiger partial charge in [-0.1, -0.05) is 0 Å². The van der Waals surface area contributed by atoms with Crippen molar-refractivity contribution < 1.29 is 26.3 Å². The average Bonchev–Trinajstić information content (AvgIpc) is 2.36. The van der Waals surface area contributed by atoms with E-state index >= 15 is 0 Å². The summed E-state index contributed by atoms with van der Waals surface area (Å²) in [6.07, 6.45) is -8.06. The zero-order valence-corrected chi connectivity index (χ0v) is 10.0. The Balaban J connectivity index is 2.73. The van der Waals surface area contributed by atoms with Crippen LogP contribution in [0.3, 0.4) is 0 Å². The van der Waals surface area contributed by atoms with Crippen molar-refractivity contribution in [3.05, 3.63) is 58.1 Å². The van der Waals surface area contributed by atoms with Crippen LogP contribution in [-0.4, -0.2) is 9.55 Å². The average molecular weight is 308 g/mol. The Morgan fingerprint density at radius 1 is 0.905 bits per heavy atom. The molecule has 0 spiro atoms. The van der Waals surface area contributed by atoms with E-state index in [9.17, 15) is 31.1 Å². The first kappa shape index (κ1) is 15.1. The summed E-state index contributed by atoms with van der Waals surface area (Å²) in [4.78, 5) is 15.1. The Hall–Kier alpha value is -2.32. The third-order valence-electron chi connectivity index (χ3n) is 2.57. The summed E-state index contributed by atoms with van der Waals surface area (Å²) in [5, 5.41) is 0. The van der Waals surface area contributed by atoms with Gasteiger partial charge < -0.3 is 0 Å². The Morgan fingerprint density at radius 2 is 1.48 bits per heavy atom. The molecule has 9 heteroatoms. The molecule has 112 valence electrons. The van der Waals surface area contributed by atoms with E-state index in [1.54, 1.807) is 0 Å². The highest BCUT2D eigenvalue weighted by molar-refractivity contribution is 5.37. The minimum Gasteiger partial charge on any atom is -0.268 e. The summed E-state index contributed by atoms with van der Waals surface area (Å²) < 4.78 is 76.6. The van der Waals surface area contributed by atoms with E-state index in [-0.39, 0.29) is 4.57 Å². The van der Waals surface area contributed by atoms with E-state index in [0.717, 1.165) is 24.5 Å². The van der Waals surface area contributed by atoms with Crippen molar-refractivity contribution in [2.75, 3.05) is 0 Å². The highest BCUT2D eigenvalue weighted by Crippen LogP contribution is 2.32. The van der Waals surface area contributed by atoms with Gasteiger partial charge in [-0.25, -0.2) is 4.98 Å². The molecular formula is C12H6F6N2O. The van der Waals surface area contributed by atoms with Crippen LogP contribution in [-0.2, 0) is 12.4 Å². The SMILES string of the molecule is O=c1c(C(F)(F)F)cccn1-c1ncccc1C(F)(F)F. The van der Waals surface area contributed by atoms with Crippen LogP contribution in [0, 0.1) is 0 Å². The number of aromatic nitrogens is 2. The normalized spacial score (nSPS) is 12.5. The molecule has 0 fully saturated rings. The number of halogens is 6. The fraction of sp³-hybridized carbons (Fsp3) is 0.167. The molecule has 0 bridgehead atoms. The van der Waals surface area contributed by atoms with Gasteiger partial charge >= 0.3 is 12.4 Å². The van der Waals surface area contributed by atoms with Crippen molar-refractivity contribution in [2.45, 2.75) is 12.4 Å². The number of alkyl halides is 6. The van der Waals surface area contributed by atoms with E-state index in [2.05, 4.69) is 4.98 Å². The van der Waals surface area contributed by atoms with Crippen LogP contribution < -0.4 is 5.56 Å². The standard InChI is InChI=1S/C12H6F6N2O/c13-11(14,15)7-3-1-5-19-9(7)20-6-2-4-8(10(20)21)12(16,17)18/h1-6H. The molecular weight excluding hydrogens is 302 g/mol. The Bertz CT molecular complexity index is 717. The summed E-state index contributed by atoms with van der Waals surface area (Å²) in [5.74, 6) is -0.902. The molecule has 0 saturated carbocycles. The highest BCUT2D eigenvalue weighted by atomic mass is 19.4. The quantitative estimate of drug-likeness (QED) is 0.758. The van der Waals surface area contributed by atoms with E-state index < -0.39 is 34.9 Å². The number of hydrogen-bond donors (Lipinski definition) is 0. The topological polar surface area (TPSA) is 34.9 Å². The zero-order chi connectivity index (χ0) is 15.8. The van der Waals surface area contributed by atoms with E-state index in [1.807, 2.05) is 0 Å². The molecule has 0 aliphatic heterocycles. The highest BCUT2D eigenvalue weighted by Gasteiger charge is 2.37. The van der Waals surface area contributed by atoms with E-state index in [0.29, 0.717) is 12.1 Å². The van der Waals surface area contributed by atoms with Gasteiger partial charge in [0.1, 0.15) is 5.56 Å². The summed E-state index contributed by atoms with van der Waals surface area (Å²) >= 11 is 0. The second-order valence-electron chi connectivity index (χ2n) is 3.97. The maximum absolute atomic E-state index is 12.8. The van der Waals surface area contributed by atoms with Crippen LogP contribution >= 0.6 is 0 Å². The lowest BCUT2D eigenvalue weighted by molar-refractivity contribution is -0.138. The molecule has 2 heterocycles. The molecule has 2 aromatic rings. The van der Waals surface area contributed by atoms with E-state index in [1.165, 1.54) is 0 Å². The molecule has 0 aliphatic rings. The summed E-state index contributed by atoms with van der Waals surface area (Å²) in [5.41, 5.74) is -4.48. The molecule has 0 atom stereocenters. The molecule has 2 rings (SSSR count). The van der Waals surface area contributed by atoms with Gasteiger partial charge in [0, 0.05) is 12.4 Å². The maximum Gasteiger partial charge on any atom is 0.421 e. The van der Waals surface area contributed by atoms with Crippen LogP contribution in [0.15, 0.2) is 41.5 Å². The van der Waals surface area contributed by atoms with Gasteiger partial charge in [-0.15, -0.1) is 0 Å². The van der Waals surface area contributed by atoms with Gasteiger partial charge in [-0.2, -0.15) is 26.3 Å². The van der Waals surface area contributed by atoms with Crippen LogP contribution in [0.4, 0.5) is 26.3 Å². The van der Waals surface area contributed by atoms with Crippen molar-refractivity contribution in [1.82, 2.24) is 9.55 Å². The minimum absolute atomic E-state index is 0.228. The fourth-order valence-corrected chi connectivity index (χ4v) is 1.69. The lowest BCUT2D eigenvalue weighted by Crippen LogP contribution is -2.29. The molecule has 0 saturated heterocycles. The van der Waals surface area contributed by atoms with Crippen molar-refractivity contribution in [1.29, 1.82) is 0 Å². The number of pyridine rings is 2. The number of nitrogens with zero attached hydrogens (tertiary/aromatic N) is 2. The predicted octanol–water partition coefficient (Wildman–Crippen LogP) is 3.27. The minimum atomic E-state index is -4.97.